The van der Waals surface area contributed by atoms with Gasteiger partial charge >= 0.3 is 5.97 Å². The second-order valence-electron chi connectivity index (χ2n) is 4.11. The Hall–Kier alpha value is -1.55. The number of methoxy groups -OCH3 is 1. The molecule has 0 aliphatic heterocycles. The molecule has 0 saturated carbocycles. The largest absolute Gasteiger partial charge is 0.496 e. The van der Waals surface area contributed by atoms with Crippen molar-refractivity contribution in [3.05, 3.63) is 29.3 Å². The molecule has 86 valence electrons. The van der Waals surface area contributed by atoms with Gasteiger partial charge in [0.2, 0.25) is 0 Å². The fourth-order valence-electron chi connectivity index (χ4n) is 2.17. The molecule has 0 spiro atoms. The summed E-state index contributed by atoms with van der Waals surface area (Å²) < 4.78 is 5.21. The summed E-state index contributed by atoms with van der Waals surface area (Å²) in [4.78, 5) is 11.0. The molecule has 0 heterocycles. The van der Waals surface area contributed by atoms with E-state index in [9.17, 15) is 9.90 Å². The summed E-state index contributed by atoms with van der Waals surface area (Å²) in [6, 6.07) is 5.50. The molecule has 4 heteroatoms. The molecule has 2 N–H and O–H groups in total. The topological polar surface area (TPSA) is 66.8 Å². The van der Waals surface area contributed by atoms with E-state index in [-0.39, 0.29) is 12.8 Å². The standard InChI is InChI=1S/C12H14O4/c1-16-10-4-2-3-8-7-12(15,11(13)14)6-5-9(8)10/h2-4,15H,5-7H2,1H3,(H,13,14)/t12-/m1/s1. The molecule has 0 aromatic heterocycles. The predicted molar refractivity (Wildman–Crippen MR) is 57.6 cm³/mol. The minimum Gasteiger partial charge on any atom is -0.496 e. The normalized spacial score (nSPS) is 23.6. The Morgan fingerprint density at radius 2 is 2.25 bits per heavy atom. The summed E-state index contributed by atoms with van der Waals surface area (Å²) in [5.74, 6) is -0.383. The second-order valence-corrected chi connectivity index (χ2v) is 4.11. The van der Waals surface area contributed by atoms with Crippen molar-refractivity contribution in [1.82, 2.24) is 0 Å². The number of carbonyl (C=O) groups is 1. The molecule has 1 aromatic carbocycles. The molecule has 0 radical (unpaired) electrons. The van der Waals surface area contributed by atoms with Crippen molar-refractivity contribution < 1.29 is 19.7 Å². The summed E-state index contributed by atoms with van der Waals surface area (Å²) in [5.41, 5.74) is 0.241. The number of benzene rings is 1. The molecular weight excluding hydrogens is 208 g/mol. The first-order valence-corrected chi connectivity index (χ1v) is 5.17. The Bertz CT molecular complexity index is 427. The lowest BCUT2D eigenvalue weighted by atomic mass is 9.80. The molecule has 2 rings (SSSR count). The van der Waals surface area contributed by atoms with Gasteiger partial charge in [0.05, 0.1) is 7.11 Å². The maximum Gasteiger partial charge on any atom is 0.336 e. The number of carboxylic acid groups (broad SMARTS) is 1. The Morgan fingerprint density at radius 1 is 1.50 bits per heavy atom. The molecule has 0 fully saturated rings. The van der Waals surface area contributed by atoms with Gasteiger partial charge in [0.15, 0.2) is 5.60 Å². The third-order valence-electron chi connectivity index (χ3n) is 3.12. The van der Waals surface area contributed by atoms with Gasteiger partial charge in [0, 0.05) is 6.42 Å². The number of fused-ring (bicyclic) bond motifs is 1. The van der Waals surface area contributed by atoms with Gasteiger partial charge in [-0.2, -0.15) is 0 Å². The van der Waals surface area contributed by atoms with Crippen molar-refractivity contribution in [2.45, 2.75) is 24.9 Å². The molecule has 0 amide bonds. The van der Waals surface area contributed by atoms with Crippen molar-refractivity contribution in [3.8, 4) is 5.75 Å². The van der Waals surface area contributed by atoms with E-state index >= 15 is 0 Å². The Morgan fingerprint density at radius 3 is 2.88 bits per heavy atom. The molecule has 1 atom stereocenters. The molecule has 16 heavy (non-hydrogen) atoms. The van der Waals surface area contributed by atoms with Crippen molar-refractivity contribution in [2.75, 3.05) is 7.11 Å². The summed E-state index contributed by atoms with van der Waals surface area (Å²) >= 11 is 0. The number of ether oxygens (including phenoxy) is 1. The molecular formula is C12H14O4. The van der Waals surface area contributed by atoms with Crippen LogP contribution in [-0.4, -0.2) is 28.9 Å². The zero-order valence-corrected chi connectivity index (χ0v) is 9.06. The van der Waals surface area contributed by atoms with Crippen LogP contribution in [0.2, 0.25) is 0 Å². The molecule has 1 aliphatic rings. The van der Waals surface area contributed by atoms with Crippen LogP contribution in [0.3, 0.4) is 0 Å². The minimum atomic E-state index is -1.63. The van der Waals surface area contributed by atoms with Crippen LogP contribution in [0.15, 0.2) is 18.2 Å². The summed E-state index contributed by atoms with van der Waals surface area (Å²) in [5, 5.41) is 18.9. The van der Waals surface area contributed by atoms with E-state index in [1.165, 1.54) is 0 Å². The maximum absolute atomic E-state index is 11.0. The highest BCUT2D eigenvalue weighted by atomic mass is 16.5. The molecule has 0 bridgehead atoms. The highest BCUT2D eigenvalue weighted by Crippen LogP contribution is 2.34. The van der Waals surface area contributed by atoms with Gasteiger partial charge in [0.1, 0.15) is 5.75 Å². The molecule has 0 unspecified atom stereocenters. The highest BCUT2D eigenvalue weighted by molar-refractivity contribution is 5.78. The van der Waals surface area contributed by atoms with Gasteiger partial charge < -0.3 is 14.9 Å². The van der Waals surface area contributed by atoms with Crippen LogP contribution < -0.4 is 4.74 Å². The summed E-state index contributed by atoms with van der Waals surface area (Å²) in [6.45, 7) is 0. The first kappa shape index (κ1) is 11.0. The van der Waals surface area contributed by atoms with Crippen LogP contribution in [-0.2, 0) is 17.6 Å². The van der Waals surface area contributed by atoms with E-state index in [1.54, 1.807) is 7.11 Å². The third-order valence-corrected chi connectivity index (χ3v) is 3.12. The zero-order valence-electron chi connectivity index (χ0n) is 9.06. The van der Waals surface area contributed by atoms with Crippen molar-refractivity contribution in [1.29, 1.82) is 0 Å². The second kappa shape index (κ2) is 3.79. The van der Waals surface area contributed by atoms with Crippen LogP contribution in [0.5, 0.6) is 5.75 Å². The fraction of sp³-hybridized carbons (Fsp3) is 0.417. The Kier molecular flexibility index (Phi) is 2.59. The number of aliphatic hydroxyl groups is 1. The number of aliphatic carboxylic acids is 1. The molecule has 0 saturated heterocycles. The van der Waals surface area contributed by atoms with Crippen LogP contribution in [0.1, 0.15) is 17.5 Å². The fourth-order valence-corrected chi connectivity index (χ4v) is 2.17. The van der Waals surface area contributed by atoms with Crippen molar-refractivity contribution in [2.24, 2.45) is 0 Å². The molecule has 1 aromatic rings. The van der Waals surface area contributed by atoms with Crippen molar-refractivity contribution >= 4 is 5.97 Å². The lowest BCUT2D eigenvalue weighted by Gasteiger charge is -2.30. The zero-order chi connectivity index (χ0) is 11.8. The quantitative estimate of drug-likeness (QED) is 0.783. The average molecular weight is 222 g/mol. The van der Waals surface area contributed by atoms with E-state index in [0.29, 0.717) is 6.42 Å². The van der Waals surface area contributed by atoms with E-state index < -0.39 is 11.6 Å². The minimum absolute atomic E-state index is 0.148. The number of hydrogen-bond donors (Lipinski definition) is 2. The lowest BCUT2D eigenvalue weighted by Crippen LogP contribution is -2.43. The lowest BCUT2D eigenvalue weighted by molar-refractivity contribution is -0.159. The summed E-state index contributed by atoms with van der Waals surface area (Å²) in [7, 11) is 1.59. The maximum atomic E-state index is 11.0. The van der Waals surface area contributed by atoms with E-state index in [4.69, 9.17) is 9.84 Å². The molecule has 1 aliphatic carbocycles. The number of rotatable bonds is 2. The van der Waals surface area contributed by atoms with Gasteiger partial charge in [-0.25, -0.2) is 4.79 Å². The van der Waals surface area contributed by atoms with Crippen molar-refractivity contribution in [3.63, 3.8) is 0 Å². The van der Waals surface area contributed by atoms with E-state index in [1.807, 2.05) is 18.2 Å². The van der Waals surface area contributed by atoms with Crippen LogP contribution >= 0.6 is 0 Å². The number of carboxylic acids is 1. The van der Waals surface area contributed by atoms with Gasteiger partial charge in [-0.1, -0.05) is 12.1 Å². The Balaban J connectivity index is 2.39. The number of hydrogen-bond acceptors (Lipinski definition) is 3. The van der Waals surface area contributed by atoms with E-state index in [0.717, 1.165) is 16.9 Å². The van der Waals surface area contributed by atoms with Crippen LogP contribution in [0.4, 0.5) is 0 Å². The predicted octanol–water partition coefficient (Wildman–Crippen LogP) is 1.000. The first-order valence-electron chi connectivity index (χ1n) is 5.17. The third kappa shape index (κ3) is 1.65. The monoisotopic (exact) mass is 222 g/mol. The van der Waals surface area contributed by atoms with Crippen LogP contribution in [0.25, 0.3) is 0 Å². The van der Waals surface area contributed by atoms with Gasteiger partial charge in [-0.3, -0.25) is 0 Å². The van der Waals surface area contributed by atoms with E-state index in [2.05, 4.69) is 0 Å². The first-order chi connectivity index (χ1) is 7.57. The average Bonchev–Trinajstić information content (AvgIpc) is 2.27. The molecule has 4 nitrogen and oxygen atoms in total. The highest BCUT2D eigenvalue weighted by Gasteiger charge is 2.39. The smallest absolute Gasteiger partial charge is 0.336 e. The SMILES string of the molecule is COc1cccc2c1CC[C@](O)(C(=O)O)C2. The van der Waals surface area contributed by atoms with Gasteiger partial charge in [0.25, 0.3) is 0 Å². The van der Waals surface area contributed by atoms with Gasteiger partial charge in [-0.15, -0.1) is 0 Å². The van der Waals surface area contributed by atoms with Gasteiger partial charge in [-0.05, 0) is 30.0 Å². The van der Waals surface area contributed by atoms with Crippen LogP contribution in [0, 0.1) is 0 Å². The Labute approximate surface area is 93.5 Å². The summed E-state index contributed by atoms with van der Waals surface area (Å²) in [6.07, 6.45) is 0.909.